The lowest BCUT2D eigenvalue weighted by atomic mass is 9.85. The van der Waals surface area contributed by atoms with Gasteiger partial charge in [0, 0.05) is 63.4 Å². The van der Waals surface area contributed by atoms with Crippen molar-refractivity contribution >= 4 is 0 Å². The van der Waals surface area contributed by atoms with Crippen molar-refractivity contribution in [2.75, 3.05) is 116 Å². The Hall–Kier alpha value is -0.320. The van der Waals surface area contributed by atoms with E-state index < -0.39 is 0 Å². The van der Waals surface area contributed by atoms with Crippen LogP contribution in [0.15, 0.2) is 0 Å². The molecule has 8 heteroatoms. The largest absolute Gasteiger partial charge is 0.388 e. The summed E-state index contributed by atoms with van der Waals surface area (Å²) in [6, 6.07) is 0. The van der Waals surface area contributed by atoms with Crippen LogP contribution in [0.3, 0.4) is 0 Å². The minimum atomic E-state index is -0.380. The molecule has 4 heterocycles. The maximum atomic E-state index is 9.04. The van der Waals surface area contributed by atoms with E-state index in [1.165, 1.54) is 26.2 Å². The molecule has 4 aliphatic rings. The van der Waals surface area contributed by atoms with Crippen LogP contribution in [-0.4, -0.2) is 162 Å². The molecular formula is C26H61N7O. The summed E-state index contributed by atoms with van der Waals surface area (Å²) in [6.45, 7) is 19.9. The summed E-state index contributed by atoms with van der Waals surface area (Å²) in [6.07, 6.45) is 0. The smallest absolute Gasteiger partial charge is 0.0872 e. The Morgan fingerprint density at radius 1 is 0.647 bits per heavy atom. The van der Waals surface area contributed by atoms with E-state index in [9.17, 15) is 0 Å². The van der Waals surface area contributed by atoms with Gasteiger partial charge in [-0.05, 0) is 89.6 Å². The Morgan fingerprint density at radius 3 is 1.00 bits per heavy atom. The first kappa shape index (κ1) is 33.7. The fraction of sp³-hybridized carbons (Fsp3) is 1.00. The quantitative estimate of drug-likeness (QED) is 0.525. The van der Waals surface area contributed by atoms with Crippen molar-refractivity contribution in [3.63, 3.8) is 0 Å². The second kappa shape index (κ2) is 13.8. The molecule has 0 aromatic carbocycles. The predicted octanol–water partition coefficient (Wildman–Crippen LogP) is 0.638. The number of rotatable bonds is 2. The fourth-order valence-electron chi connectivity index (χ4n) is 4.73. The zero-order chi connectivity index (χ0) is 27.0. The van der Waals surface area contributed by atoms with Gasteiger partial charge in [0.1, 0.15) is 0 Å². The molecule has 4 fully saturated rings. The van der Waals surface area contributed by atoms with Crippen LogP contribution in [0, 0.1) is 5.41 Å². The molecular weight excluding hydrogens is 426 g/mol. The highest BCUT2D eigenvalue weighted by Gasteiger charge is 2.38. The molecule has 0 aromatic heterocycles. The summed E-state index contributed by atoms with van der Waals surface area (Å²) in [7, 11) is 18.6. The van der Waals surface area contributed by atoms with Crippen molar-refractivity contribution in [1.82, 2.24) is 35.1 Å². The Kier molecular flexibility index (Phi) is 13.7. The molecule has 0 aliphatic carbocycles. The van der Waals surface area contributed by atoms with Gasteiger partial charge in [0.05, 0.1) is 5.60 Å². The van der Waals surface area contributed by atoms with Gasteiger partial charge in [0.15, 0.2) is 0 Å². The number of nitrogens with zero attached hydrogens (tertiary/aromatic N) is 5. The van der Waals surface area contributed by atoms with E-state index in [-0.39, 0.29) is 5.60 Å². The third kappa shape index (κ3) is 12.1. The van der Waals surface area contributed by atoms with E-state index in [1.807, 2.05) is 28.1 Å². The number of hydrogen-bond donors (Lipinski definition) is 3. The highest BCUT2D eigenvalue weighted by molar-refractivity contribution is 4.97. The van der Waals surface area contributed by atoms with Gasteiger partial charge in [-0.15, -0.1) is 0 Å². The molecule has 4 aliphatic heterocycles. The molecule has 34 heavy (non-hydrogen) atoms. The van der Waals surface area contributed by atoms with Crippen molar-refractivity contribution in [2.24, 2.45) is 5.41 Å². The summed E-state index contributed by atoms with van der Waals surface area (Å²) in [5, 5.41) is 15.0. The lowest BCUT2D eigenvalue weighted by Gasteiger charge is -2.50. The molecule has 206 valence electrons. The van der Waals surface area contributed by atoms with E-state index in [0.717, 1.165) is 26.2 Å². The fourth-order valence-corrected chi connectivity index (χ4v) is 4.73. The Balaban J connectivity index is 0.000000413. The number of β-amino-alcohol motifs (C(OH)–C–C–N with tert-alkyl or cyclic N) is 1. The maximum Gasteiger partial charge on any atom is 0.0872 e. The van der Waals surface area contributed by atoms with Gasteiger partial charge in [0.2, 0.25) is 0 Å². The molecule has 0 spiro atoms. The lowest BCUT2D eigenvalue weighted by Crippen LogP contribution is -2.65. The van der Waals surface area contributed by atoms with Gasteiger partial charge in [-0.25, -0.2) is 0 Å². The molecule has 0 radical (unpaired) electrons. The lowest BCUT2D eigenvalue weighted by molar-refractivity contribution is -0.0705. The van der Waals surface area contributed by atoms with Crippen LogP contribution in [0.2, 0.25) is 0 Å². The van der Waals surface area contributed by atoms with Gasteiger partial charge >= 0.3 is 0 Å². The second-order valence-corrected chi connectivity index (χ2v) is 13.1. The molecule has 0 aromatic rings. The van der Waals surface area contributed by atoms with E-state index in [4.69, 9.17) is 5.11 Å². The maximum absolute atomic E-state index is 9.04. The summed E-state index contributed by atoms with van der Waals surface area (Å²) in [4.78, 5) is 11.3. The monoisotopic (exact) mass is 487 g/mol. The molecule has 8 nitrogen and oxygen atoms in total. The van der Waals surface area contributed by atoms with Crippen molar-refractivity contribution in [1.29, 1.82) is 0 Å². The summed E-state index contributed by atoms with van der Waals surface area (Å²) in [5.74, 6) is 0. The average molecular weight is 488 g/mol. The third-order valence-electron chi connectivity index (χ3n) is 7.01. The first-order valence-electron chi connectivity index (χ1n) is 12.7. The molecule has 0 saturated carbocycles. The number of hydrogen-bond acceptors (Lipinski definition) is 8. The van der Waals surface area contributed by atoms with Crippen molar-refractivity contribution < 1.29 is 5.11 Å². The second-order valence-electron chi connectivity index (χ2n) is 13.1. The molecule has 4 rings (SSSR count). The van der Waals surface area contributed by atoms with E-state index >= 15 is 0 Å². The summed E-state index contributed by atoms with van der Waals surface area (Å²) in [5.41, 5.74) is 1.14. The van der Waals surface area contributed by atoms with Gasteiger partial charge in [-0.3, -0.25) is 0 Å². The SMILES string of the molecule is CN(C)C1(C)CNC1.CN1CC(C)(C)C1.CN1CC(C)(N(C)C)C1.CN1CC(C)(O)C1.CNC. The Labute approximate surface area is 213 Å². The van der Waals surface area contributed by atoms with E-state index in [0.29, 0.717) is 16.5 Å². The standard InChI is InChI=1S/C7H16N2.C6H14N2.C6H13N.C5H11NO.C2H7N/c1-7(8(2)3)5-9(4)6-7;1-6(8(2)3)4-7-5-6;1-6(2)4-7(3)5-6;1-5(7)3-6(2)4-5;1-3-2/h5-6H2,1-4H3;7H,4-5H2,1-3H3;4-5H2,1-3H3;7H,3-4H2,1-2H3;3H,1-2H3. The van der Waals surface area contributed by atoms with Gasteiger partial charge in [0.25, 0.3) is 0 Å². The first-order chi connectivity index (χ1) is 15.3. The molecule has 0 bridgehead atoms. The Morgan fingerprint density at radius 2 is 0.971 bits per heavy atom. The van der Waals surface area contributed by atoms with Crippen LogP contribution in [-0.2, 0) is 0 Å². The van der Waals surface area contributed by atoms with E-state index in [2.05, 4.69) is 105 Å². The van der Waals surface area contributed by atoms with E-state index in [1.54, 1.807) is 0 Å². The minimum Gasteiger partial charge on any atom is -0.388 e. The average Bonchev–Trinajstić information content (AvgIpc) is 2.57. The summed E-state index contributed by atoms with van der Waals surface area (Å²) < 4.78 is 0. The van der Waals surface area contributed by atoms with Crippen molar-refractivity contribution in [3.8, 4) is 0 Å². The van der Waals surface area contributed by atoms with Gasteiger partial charge in [-0.1, -0.05) is 13.8 Å². The Bertz CT molecular complexity index is 517. The summed E-state index contributed by atoms with van der Waals surface area (Å²) >= 11 is 0. The minimum absolute atomic E-state index is 0.380. The molecule has 0 amide bonds. The third-order valence-corrected chi connectivity index (χ3v) is 7.01. The number of likely N-dealkylation sites (N-methyl/N-ethyl adjacent to an activating group) is 4. The highest BCUT2D eigenvalue weighted by Crippen LogP contribution is 2.26. The van der Waals surface area contributed by atoms with Crippen LogP contribution in [0.5, 0.6) is 0 Å². The first-order valence-corrected chi connectivity index (χ1v) is 12.7. The number of aliphatic hydroxyl groups is 1. The highest BCUT2D eigenvalue weighted by atomic mass is 16.3. The zero-order valence-electron chi connectivity index (χ0n) is 25.3. The molecule has 4 saturated heterocycles. The predicted molar refractivity (Wildman–Crippen MR) is 149 cm³/mol. The molecule has 3 N–H and O–H groups in total. The van der Waals surface area contributed by atoms with Crippen molar-refractivity contribution in [3.05, 3.63) is 0 Å². The van der Waals surface area contributed by atoms with Crippen LogP contribution in [0.25, 0.3) is 0 Å². The number of likely N-dealkylation sites (tertiary alicyclic amines) is 3. The topological polar surface area (TPSA) is 60.5 Å². The van der Waals surface area contributed by atoms with Gasteiger partial charge in [-0.2, -0.15) is 0 Å². The normalized spacial score (nSPS) is 25.7. The number of nitrogens with one attached hydrogen (secondary N) is 2. The zero-order valence-corrected chi connectivity index (χ0v) is 25.3. The van der Waals surface area contributed by atoms with Crippen LogP contribution >= 0.6 is 0 Å². The van der Waals surface area contributed by atoms with Crippen LogP contribution in [0.1, 0.15) is 34.6 Å². The van der Waals surface area contributed by atoms with Crippen LogP contribution < -0.4 is 10.6 Å². The van der Waals surface area contributed by atoms with Crippen LogP contribution in [0.4, 0.5) is 0 Å². The molecule has 0 atom stereocenters. The van der Waals surface area contributed by atoms with Gasteiger partial charge < -0.3 is 40.2 Å². The molecule has 0 unspecified atom stereocenters. The van der Waals surface area contributed by atoms with Crippen molar-refractivity contribution in [2.45, 2.75) is 51.3 Å².